The summed E-state index contributed by atoms with van der Waals surface area (Å²) >= 11 is 5.01. The molecule has 1 unspecified atom stereocenters. The maximum Gasteiger partial charge on any atom is 0.166 e. The van der Waals surface area contributed by atoms with E-state index < -0.39 is 0 Å². The molecule has 0 aliphatic rings. The Kier molecular flexibility index (Phi) is 7.63. The fraction of sp³-hybridized carbons (Fsp3) is 0.667. The van der Waals surface area contributed by atoms with E-state index in [0.29, 0.717) is 5.11 Å². The molecular formula is C9H18N2OS. The number of aliphatic hydroxyl groups is 1. The molecule has 0 aliphatic carbocycles. The highest BCUT2D eigenvalue weighted by molar-refractivity contribution is 7.80. The van der Waals surface area contributed by atoms with E-state index in [9.17, 15) is 0 Å². The van der Waals surface area contributed by atoms with Crippen molar-refractivity contribution >= 4 is 17.3 Å². The van der Waals surface area contributed by atoms with Crippen LogP contribution in [0.1, 0.15) is 19.8 Å². The average Bonchev–Trinajstić information content (AvgIpc) is 2.12. The first kappa shape index (κ1) is 12.4. The standard InChI is InChI=1S/C9H18N2OS/c1-3-8(2)11-9(13)10-6-4-5-7-12/h3,8,12H,1,4-7H2,2H3,(H2,10,11,13). The van der Waals surface area contributed by atoms with Crippen LogP contribution in [0.3, 0.4) is 0 Å². The quantitative estimate of drug-likeness (QED) is 0.339. The molecule has 3 nitrogen and oxygen atoms in total. The van der Waals surface area contributed by atoms with E-state index in [1.54, 1.807) is 6.08 Å². The van der Waals surface area contributed by atoms with Crippen molar-refractivity contribution in [2.24, 2.45) is 0 Å². The third kappa shape index (κ3) is 7.74. The predicted molar refractivity (Wildman–Crippen MR) is 59.7 cm³/mol. The Bertz CT molecular complexity index is 162. The van der Waals surface area contributed by atoms with Gasteiger partial charge in [0.25, 0.3) is 0 Å². The lowest BCUT2D eigenvalue weighted by Crippen LogP contribution is -2.40. The van der Waals surface area contributed by atoms with E-state index in [0.717, 1.165) is 19.4 Å². The van der Waals surface area contributed by atoms with Crippen LogP contribution in [0.15, 0.2) is 12.7 Å². The molecule has 0 bridgehead atoms. The molecule has 76 valence electrons. The molecule has 0 saturated carbocycles. The molecule has 0 spiro atoms. The van der Waals surface area contributed by atoms with Gasteiger partial charge in [-0.25, -0.2) is 0 Å². The molecular weight excluding hydrogens is 184 g/mol. The summed E-state index contributed by atoms with van der Waals surface area (Å²) in [5, 5.41) is 15.3. The van der Waals surface area contributed by atoms with Crippen LogP contribution in [-0.2, 0) is 0 Å². The van der Waals surface area contributed by atoms with E-state index >= 15 is 0 Å². The molecule has 0 amide bonds. The van der Waals surface area contributed by atoms with Crippen LogP contribution < -0.4 is 10.6 Å². The van der Waals surface area contributed by atoms with Crippen molar-refractivity contribution in [3.63, 3.8) is 0 Å². The van der Waals surface area contributed by atoms with Gasteiger partial charge in [-0.05, 0) is 32.0 Å². The molecule has 4 heteroatoms. The van der Waals surface area contributed by atoms with Gasteiger partial charge in [0.15, 0.2) is 5.11 Å². The van der Waals surface area contributed by atoms with E-state index in [1.807, 2.05) is 6.92 Å². The fourth-order valence-electron chi connectivity index (χ4n) is 0.755. The third-order valence-corrected chi connectivity index (χ3v) is 1.84. The Morgan fingerprint density at radius 3 is 2.85 bits per heavy atom. The second kappa shape index (κ2) is 8.01. The number of hydrogen-bond donors (Lipinski definition) is 3. The highest BCUT2D eigenvalue weighted by Crippen LogP contribution is 1.85. The number of aliphatic hydroxyl groups excluding tert-OH is 1. The van der Waals surface area contributed by atoms with Gasteiger partial charge in [-0.15, -0.1) is 6.58 Å². The van der Waals surface area contributed by atoms with Gasteiger partial charge in [0.1, 0.15) is 0 Å². The van der Waals surface area contributed by atoms with Crippen molar-refractivity contribution in [3.05, 3.63) is 12.7 Å². The van der Waals surface area contributed by atoms with Gasteiger partial charge in [-0.2, -0.15) is 0 Å². The zero-order valence-corrected chi connectivity index (χ0v) is 8.86. The van der Waals surface area contributed by atoms with Crippen molar-refractivity contribution in [1.29, 1.82) is 0 Å². The van der Waals surface area contributed by atoms with Crippen molar-refractivity contribution < 1.29 is 5.11 Å². The number of unbranched alkanes of at least 4 members (excludes halogenated alkanes) is 1. The van der Waals surface area contributed by atoms with Gasteiger partial charge >= 0.3 is 0 Å². The maximum absolute atomic E-state index is 8.53. The summed E-state index contributed by atoms with van der Waals surface area (Å²) < 4.78 is 0. The summed E-state index contributed by atoms with van der Waals surface area (Å²) in [4.78, 5) is 0. The van der Waals surface area contributed by atoms with E-state index in [2.05, 4.69) is 17.2 Å². The van der Waals surface area contributed by atoms with Crippen LogP contribution >= 0.6 is 12.2 Å². The molecule has 13 heavy (non-hydrogen) atoms. The van der Waals surface area contributed by atoms with Crippen LogP contribution in [-0.4, -0.2) is 29.4 Å². The minimum absolute atomic E-state index is 0.192. The predicted octanol–water partition coefficient (Wildman–Crippen LogP) is 0.797. The second-order valence-corrected chi connectivity index (χ2v) is 3.26. The van der Waals surface area contributed by atoms with Crippen molar-refractivity contribution in [2.45, 2.75) is 25.8 Å². The molecule has 1 atom stereocenters. The number of nitrogens with one attached hydrogen (secondary N) is 2. The summed E-state index contributed by atoms with van der Waals surface area (Å²) in [6.07, 6.45) is 3.54. The van der Waals surface area contributed by atoms with Crippen LogP contribution in [0, 0.1) is 0 Å². The topological polar surface area (TPSA) is 44.3 Å². The van der Waals surface area contributed by atoms with Crippen molar-refractivity contribution in [3.8, 4) is 0 Å². The lowest BCUT2D eigenvalue weighted by Gasteiger charge is -2.13. The molecule has 0 aromatic carbocycles. The number of rotatable bonds is 6. The molecule has 0 rings (SSSR count). The number of thiocarbonyl (C=S) groups is 1. The van der Waals surface area contributed by atoms with E-state index in [1.165, 1.54) is 0 Å². The summed E-state index contributed by atoms with van der Waals surface area (Å²) in [5.41, 5.74) is 0. The second-order valence-electron chi connectivity index (χ2n) is 2.86. The van der Waals surface area contributed by atoms with Crippen LogP contribution in [0.2, 0.25) is 0 Å². The normalized spacial score (nSPS) is 11.8. The lowest BCUT2D eigenvalue weighted by molar-refractivity contribution is 0.285. The molecule has 0 fully saturated rings. The zero-order chi connectivity index (χ0) is 10.1. The minimum Gasteiger partial charge on any atom is -0.396 e. The van der Waals surface area contributed by atoms with Gasteiger partial charge in [0.05, 0.1) is 0 Å². The van der Waals surface area contributed by atoms with Crippen molar-refractivity contribution in [1.82, 2.24) is 10.6 Å². The zero-order valence-electron chi connectivity index (χ0n) is 8.05. The molecule has 3 N–H and O–H groups in total. The Balaban J connectivity index is 3.35. The summed E-state index contributed by atoms with van der Waals surface area (Å²) in [6, 6.07) is 0.192. The molecule has 0 saturated heterocycles. The van der Waals surface area contributed by atoms with Crippen LogP contribution in [0.4, 0.5) is 0 Å². The molecule has 0 heterocycles. The first-order chi connectivity index (χ1) is 6.20. The SMILES string of the molecule is C=CC(C)NC(=S)NCCCCO. The maximum atomic E-state index is 8.53. The summed E-state index contributed by atoms with van der Waals surface area (Å²) in [5.74, 6) is 0. The van der Waals surface area contributed by atoms with Gasteiger partial charge < -0.3 is 15.7 Å². The molecule has 0 radical (unpaired) electrons. The Hall–Kier alpha value is -0.610. The molecule has 0 aromatic rings. The highest BCUT2D eigenvalue weighted by Gasteiger charge is 1.97. The summed E-state index contributed by atoms with van der Waals surface area (Å²) in [7, 11) is 0. The van der Waals surface area contributed by atoms with Gasteiger partial charge in [-0.3, -0.25) is 0 Å². The Morgan fingerprint density at radius 2 is 2.31 bits per heavy atom. The monoisotopic (exact) mass is 202 g/mol. The average molecular weight is 202 g/mol. The first-order valence-corrected chi connectivity index (χ1v) is 4.89. The van der Waals surface area contributed by atoms with E-state index in [4.69, 9.17) is 17.3 Å². The minimum atomic E-state index is 0.192. The largest absolute Gasteiger partial charge is 0.396 e. The Morgan fingerprint density at radius 1 is 1.62 bits per heavy atom. The third-order valence-electron chi connectivity index (χ3n) is 1.58. The Labute approximate surface area is 85.2 Å². The van der Waals surface area contributed by atoms with Crippen LogP contribution in [0.25, 0.3) is 0 Å². The summed E-state index contributed by atoms with van der Waals surface area (Å²) in [6.45, 7) is 6.66. The van der Waals surface area contributed by atoms with Gasteiger partial charge in [0.2, 0.25) is 0 Å². The number of hydrogen-bond acceptors (Lipinski definition) is 2. The van der Waals surface area contributed by atoms with E-state index in [-0.39, 0.29) is 12.6 Å². The van der Waals surface area contributed by atoms with Crippen molar-refractivity contribution in [2.75, 3.05) is 13.2 Å². The van der Waals surface area contributed by atoms with Gasteiger partial charge in [-0.1, -0.05) is 6.08 Å². The van der Waals surface area contributed by atoms with Gasteiger partial charge in [0, 0.05) is 19.2 Å². The fourth-order valence-corrected chi connectivity index (χ4v) is 1.04. The lowest BCUT2D eigenvalue weighted by atomic mass is 10.3. The molecule has 0 aliphatic heterocycles. The smallest absolute Gasteiger partial charge is 0.166 e. The highest BCUT2D eigenvalue weighted by atomic mass is 32.1. The van der Waals surface area contributed by atoms with Crippen LogP contribution in [0.5, 0.6) is 0 Å². The molecule has 0 aromatic heterocycles. The first-order valence-electron chi connectivity index (χ1n) is 4.48.